The molecule has 0 aliphatic heterocycles. The number of nitrogens with one attached hydrogen (secondary N) is 1. The lowest BCUT2D eigenvalue weighted by Crippen LogP contribution is -1.94. The van der Waals surface area contributed by atoms with Crippen LogP contribution in [0.15, 0.2) is 84.9 Å². The molecule has 4 aromatic rings. The number of ether oxygens (including phenoxy) is 1. The Labute approximate surface area is 144 Å². The van der Waals surface area contributed by atoms with Crippen LogP contribution in [-0.4, -0.2) is 4.98 Å². The van der Waals surface area contributed by atoms with Crippen molar-refractivity contribution in [2.45, 2.75) is 0 Å². The van der Waals surface area contributed by atoms with E-state index in [4.69, 9.17) is 4.74 Å². The fourth-order valence-corrected chi connectivity index (χ4v) is 2.54. The summed E-state index contributed by atoms with van der Waals surface area (Å²) in [4.78, 5) is 4.58. The van der Waals surface area contributed by atoms with Crippen LogP contribution in [0.5, 0.6) is 11.5 Å². The highest BCUT2D eigenvalue weighted by Crippen LogP contribution is 2.26. The molecular formula is C21H15FN2O. The number of hydrogen-bond acceptors (Lipinski definition) is 3. The van der Waals surface area contributed by atoms with Crippen LogP contribution in [0, 0.1) is 5.82 Å². The zero-order chi connectivity index (χ0) is 17.1. The first-order valence-corrected chi connectivity index (χ1v) is 7.93. The van der Waals surface area contributed by atoms with E-state index in [1.54, 1.807) is 30.3 Å². The quantitative estimate of drug-likeness (QED) is 0.505. The van der Waals surface area contributed by atoms with Crippen LogP contribution in [0.25, 0.3) is 10.9 Å². The van der Waals surface area contributed by atoms with Crippen molar-refractivity contribution in [3.63, 3.8) is 0 Å². The number of pyridine rings is 1. The Morgan fingerprint density at radius 3 is 2.36 bits per heavy atom. The zero-order valence-electron chi connectivity index (χ0n) is 13.3. The van der Waals surface area contributed by atoms with Gasteiger partial charge < -0.3 is 10.1 Å². The van der Waals surface area contributed by atoms with Gasteiger partial charge in [-0.15, -0.1) is 0 Å². The molecule has 0 amide bonds. The molecule has 3 aromatic carbocycles. The van der Waals surface area contributed by atoms with E-state index in [1.165, 1.54) is 6.07 Å². The fourth-order valence-electron chi connectivity index (χ4n) is 2.54. The molecule has 25 heavy (non-hydrogen) atoms. The molecule has 1 N–H and O–H groups in total. The Hall–Kier alpha value is -3.40. The smallest absolute Gasteiger partial charge is 0.165 e. The van der Waals surface area contributed by atoms with Gasteiger partial charge in [0.15, 0.2) is 11.6 Å². The summed E-state index contributed by atoms with van der Waals surface area (Å²) >= 11 is 0. The molecule has 4 heteroatoms. The second-order valence-corrected chi connectivity index (χ2v) is 5.57. The molecule has 0 radical (unpaired) electrons. The van der Waals surface area contributed by atoms with Crippen molar-refractivity contribution < 1.29 is 9.13 Å². The number of nitrogens with zero attached hydrogens (tertiary/aromatic N) is 1. The van der Waals surface area contributed by atoms with E-state index in [1.807, 2.05) is 48.5 Å². The molecule has 0 atom stereocenters. The fraction of sp³-hybridized carbons (Fsp3) is 0. The summed E-state index contributed by atoms with van der Waals surface area (Å²) in [7, 11) is 0. The molecule has 0 fully saturated rings. The Kier molecular flexibility index (Phi) is 4.01. The van der Waals surface area contributed by atoms with Gasteiger partial charge in [-0.3, -0.25) is 0 Å². The molecule has 0 aliphatic carbocycles. The van der Waals surface area contributed by atoms with Gasteiger partial charge in [0.05, 0.1) is 5.52 Å². The molecule has 0 unspecified atom stereocenters. The predicted molar refractivity (Wildman–Crippen MR) is 97.9 cm³/mol. The standard InChI is InChI=1S/C21H15FN2O/c22-18-6-2-4-8-20(18)25-17-12-10-16(11-13-17)23-21-14-9-15-5-1-3-7-19(15)24-21/h1-14H,(H,23,24). The van der Waals surface area contributed by atoms with Gasteiger partial charge in [-0.1, -0.05) is 30.3 Å². The number of rotatable bonds is 4. The summed E-state index contributed by atoms with van der Waals surface area (Å²) in [6.45, 7) is 0. The van der Waals surface area contributed by atoms with Gasteiger partial charge in [0, 0.05) is 11.1 Å². The molecule has 0 bridgehead atoms. The van der Waals surface area contributed by atoms with Crippen molar-refractivity contribution in [1.29, 1.82) is 0 Å². The van der Waals surface area contributed by atoms with Crippen LogP contribution >= 0.6 is 0 Å². The Morgan fingerprint density at radius 2 is 1.52 bits per heavy atom. The van der Waals surface area contributed by atoms with Gasteiger partial charge in [0.25, 0.3) is 0 Å². The van der Waals surface area contributed by atoms with E-state index >= 15 is 0 Å². The maximum Gasteiger partial charge on any atom is 0.165 e. The molecule has 0 spiro atoms. The topological polar surface area (TPSA) is 34.1 Å². The number of fused-ring (bicyclic) bond motifs is 1. The summed E-state index contributed by atoms with van der Waals surface area (Å²) in [5.74, 6) is 1.16. The lowest BCUT2D eigenvalue weighted by atomic mass is 10.2. The van der Waals surface area contributed by atoms with Crippen molar-refractivity contribution in [3.8, 4) is 11.5 Å². The van der Waals surface area contributed by atoms with Crippen LogP contribution in [0.4, 0.5) is 15.9 Å². The van der Waals surface area contributed by atoms with Gasteiger partial charge in [-0.2, -0.15) is 0 Å². The first kappa shape index (κ1) is 15.1. The van der Waals surface area contributed by atoms with Crippen molar-refractivity contribution in [2.75, 3.05) is 5.32 Å². The maximum atomic E-state index is 13.6. The van der Waals surface area contributed by atoms with Crippen LogP contribution in [0.2, 0.25) is 0 Å². The molecule has 0 aliphatic rings. The van der Waals surface area contributed by atoms with E-state index in [-0.39, 0.29) is 11.6 Å². The van der Waals surface area contributed by atoms with E-state index in [0.717, 1.165) is 22.4 Å². The van der Waals surface area contributed by atoms with Gasteiger partial charge in [0.1, 0.15) is 11.6 Å². The molecule has 122 valence electrons. The van der Waals surface area contributed by atoms with Crippen molar-refractivity contribution >= 4 is 22.4 Å². The lowest BCUT2D eigenvalue weighted by molar-refractivity contribution is 0.442. The third kappa shape index (κ3) is 3.43. The Bertz CT molecular complexity index is 1020. The van der Waals surface area contributed by atoms with Crippen molar-refractivity contribution in [3.05, 3.63) is 90.7 Å². The van der Waals surface area contributed by atoms with Gasteiger partial charge >= 0.3 is 0 Å². The highest BCUT2D eigenvalue weighted by Gasteiger charge is 2.04. The normalized spacial score (nSPS) is 10.6. The third-order valence-corrected chi connectivity index (χ3v) is 3.79. The minimum absolute atomic E-state index is 0.208. The third-order valence-electron chi connectivity index (χ3n) is 3.79. The predicted octanol–water partition coefficient (Wildman–Crippen LogP) is 5.91. The largest absolute Gasteiger partial charge is 0.454 e. The van der Waals surface area contributed by atoms with E-state index in [2.05, 4.69) is 10.3 Å². The number of halogens is 1. The average molecular weight is 330 g/mol. The molecule has 1 aromatic heterocycles. The minimum atomic E-state index is -0.384. The van der Waals surface area contributed by atoms with Crippen molar-refractivity contribution in [1.82, 2.24) is 4.98 Å². The van der Waals surface area contributed by atoms with Crippen LogP contribution in [0.1, 0.15) is 0 Å². The monoisotopic (exact) mass is 330 g/mol. The minimum Gasteiger partial charge on any atom is -0.454 e. The maximum absolute atomic E-state index is 13.6. The molecule has 3 nitrogen and oxygen atoms in total. The van der Waals surface area contributed by atoms with Gasteiger partial charge in [-0.25, -0.2) is 9.37 Å². The highest BCUT2D eigenvalue weighted by atomic mass is 19.1. The van der Waals surface area contributed by atoms with Crippen molar-refractivity contribution in [2.24, 2.45) is 0 Å². The highest BCUT2D eigenvalue weighted by molar-refractivity contribution is 5.80. The van der Waals surface area contributed by atoms with Crippen LogP contribution in [-0.2, 0) is 0 Å². The molecular weight excluding hydrogens is 315 g/mol. The number of benzene rings is 3. The van der Waals surface area contributed by atoms with E-state index < -0.39 is 0 Å². The first-order chi connectivity index (χ1) is 12.3. The van der Waals surface area contributed by atoms with E-state index in [9.17, 15) is 4.39 Å². The number of aromatic nitrogens is 1. The molecule has 0 saturated carbocycles. The second-order valence-electron chi connectivity index (χ2n) is 5.57. The molecule has 4 rings (SSSR count). The summed E-state index contributed by atoms with van der Waals surface area (Å²) in [5.41, 5.74) is 1.82. The van der Waals surface area contributed by atoms with Gasteiger partial charge in [0.2, 0.25) is 0 Å². The first-order valence-electron chi connectivity index (χ1n) is 7.93. The van der Waals surface area contributed by atoms with Gasteiger partial charge in [-0.05, 0) is 54.6 Å². The molecule has 0 saturated heterocycles. The zero-order valence-corrected chi connectivity index (χ0v) is 13.3. The Balaban J connectivity index is 1.50. The lowest BCUT2D eigenvalue weighted by Gasteiger charge is -2.09. The van der Waals surface area contributed by atoms with E-state index in [0.29, 0.717) is 5.75 Å². The average Bonchev–Trinajstić information content (AvgIpc) is 2.65. The summed E-state index contributed by atoms with van der Waals surface area (Å²) in [6.07, 6.45) is 0. The number of anilines is 2. The number of para-hydroxylation sites is 2. The molecule has 1 heterocycles. The Morgan fingerprint density at radius 1 is 0.760 bits per heavy atom. The SMILES string of the molecule is Fc1ccccc1Oc1ccc(Nc2ccc3ccccc3n2)cc1. The number of hydrogen-bond donors (Lipinski definition) is 1. The summed E-state index contributed by atoms with van der Waals surface area (Å²) in [6, 6.07) is 25.6. The van der Waals surface area contributed by atoms with Crippen LogP contribution < -0.4 is 10.1 Å². The summed E-state index contributed by atoms with van der Waals surface area (Å²) < 4.78 is 19.2. The van der Waals surface area contributed by atoms with Crippen LogP contribution in [0.3, 0.4) is 0 Å². The second kappa shape index (κ2) is 6.61. The summed E-state index contributed by atoms with van der Waals surface area (Å²) in [5, 5.41) is 4.36.